The molecule has 3 aromatic carbocycles. The minimum absolute atomic E-state index is 0.0681. The number of rotatable bonds is 7. The lowest BCUT2D eigenvalue weighted by Gasteiger charge is -2.17. The number of nitrogens with one attached hydrogen (secondary N) is 1. The van der Waals surface area contributed by atoms with Crippen molar-refractivity contribution in [1.29, 1.82) is 0 Å². The van der Waals surface area contributed by atoms with E-state index in [-0.39, 0.29) is 18.6 Å². The normalized spacial score (nSPS) is 12.0. The van der Waals surface area contributed by atoms with Crippen LogP contribution in [-0.4, -0.2) is 22.1 Å². The van der Waals surface area contributed by atoms with Gasteiger partial charge < -0.3 is 14.6 Å². The fourth-order valence-electron chi connectivity index (χ4n) is 3.42. The second kappa shape index (κ2) is 9.41. The molecule has 0 spiro atoms. The Morgan fingerprint density at radius 3 is 2.55 bits per heavy atom. The number of fused-ring (bicyclic) bond motifs is 1. The Bertz CT molecular complexity index is 1210. The van der Waals surface area contributed by atoms with Crippen molar-refractivity contribution < 1.29 is 9.53 Å². The van der Waals surface area contributed by atoms with Gasteiger partial charge in [-0.25, -0.2) is 4.98 Å². The van der Waals surface area contributed by atoms with Crippen LogP contribution in [0.3, 0.4) is 0 Å². The van der Waals surface area contributed by atoms with Gasteiger partial charge in [-0.15, -0.1) is 0 Å². The van der Waals surface area contributed by atoms with Crippen LogP contribution in [0.5, 0.6) is 5.75 Å². The van der Waals surface area contributed by atoms with E-state index in [2.05, 4.69) is 9.88 Å². The number of halogens is 2. The van der Waals surface area contributed by atoms with Gasteiger partial charge in [-0.05, 0) is 48.9 Å². The largest absolute Gasteiger partial charge is 0.484 e. The van der Waals surface area contributed by atoms with Crippen LogP contribution in [0.1, 0.15) is 24.4 Å². The van der Waals surface area contributed by atoms with Crippen molar-refractivity contribution in [1.82, 2.24) is 14.9 Å². The highest BCUT2D eigenvalue weighted by atomic mass is 35.5. The molecule has 0 aliphatic heterocycles. The SMILES string of the molecule is CC(NC(=O)COc1ccccc1)c1nc2ccccc2n1Cc1ccc(Cl)c(Cl)c1. The Morgan fingerprint density at radius 1 is 1.03 bits per heavy atom. The Hall–Kier alpha value is -3.02. The van der Waals surface area contributed by atoms with Gasteiger partial charge in [-0.3, -0.25) is 4.79 Å². The van der Waals surface area contributed by atoms with Crippen molar-refractivity contribution in [2.24, 2.45) is 0 Å². The Balaban J connectivity index is 1.55. The zero-order chi connectivity index (χ0) is 21.8. The van der Waals surface area contributed by atoms with Gasteiger partial charge in [0.05, 0.1) is 27.1 Å². The third-order valence-corrected chi connectivity index (χ3v) is 5.63. The van der Waals surface area contributed by atoms with Crippen molar-refractivity contribution in [3.05, 3.63) is 94.2 Å². The van der Waals surface area contributed by atoms with Crippen LogP contribution in [0.15, 0.2) is 72.8 Å². The summed E-state index contributed by atoms with van der Waals surface area (Å²) in [4.78, 5) is 17.2. The van der Waals surface area contributed by atoms with Crippen LogP contribution in [0.4, 0.5) is 0 Å². The summed E-state index contributed by atoms with van der Waals surface area (Å²) in [5.74, 6) is 1.18. The first kappa shape index (κ1) is 21.2. The van der Waals surface area contributed by atoms with E-state index >= 15 is 0 Å². The molecule has 4 aromatic rings. The van der Waals surface area contributed by atoms with E-state index in [4.69, 9.17) is 32.9 Å². The van der Waals surface area contributed by atoms with Crippen LogP contribution in [0, 0.1) is 0 Å². The van der Waals surface area contributed by atoms with E-state index in [9.17, 15) is 4.79 Å². The van der Waals surface area contributed by atoms with Crippen molar-refractivity contribution in [3.63, 3.8) is 0 Å². The minimum Gasteiger partial charge on any atom is -0.484 e. The third kappa shape index (κ3) is 5.01. The van der Waals surface area contributed by atoms with Gasteiger partial charge in [0.1, 0.15) is 11.6 Å². The number of ether oxygens (including phenoxy) is 1. The molecule has 0 aliphatic rings. The molecule has 0 saturated heterocycles. The highest BCUT2D eigenvalue weighted by Crippen LogP contribution is 2.26. The van der Waals surface area contributed by atoms with Crippen molar-refractivity contribution in [3.8, 4) is 5.75 Å². The summed E-state index contributed by atoms with van der Waals surface area (Å²) in [7, 11) is 0. The highest BCUT2D eigenvalue weighted by Gasteiger charge is 2.19. The quantitative estimate of drug-likeness (QED) is 0.393. The molecule has 0 saturated carbocycles. The van der Waals surface area contributed by atoms with Crippen molar-refractivity contribution in [2.45, 2.75) is 19.5 Å². The van der Waals surface area contributed by atoms with Crippen LogP contribution in [0.25, 0.3) is 11.0 Å². The first-order valence-corrected chi connectivity index (χ1v) is 10.6. The molecule has 5 nitrogen and oxygen atoms in total. The van der Waals surface area contributed by atoms with Gasteiger partial charge in [0.15, 0.2) is 6.61 Å². The number of nitrogens with zero attached hydrogens (tertiary/aromatic N) is 2. The highest BCUT2D eigenvalue weighted by molar-refractivity contribution is 6.42. The van der Waals surface area contributed by atoms with E-state index in [1.54, 1.807) is 6.07 Å². The minimum atomic E-state index is -0.318. The summed E-state index contributed by atoms with van der Waals surface area (Å²) in [6, 6.07) is 22.4. The number of benzene rings is 3. The molecule has 1 unspecified atom stereocenters. The summed E-state index contributed by atoms with van der Waals surface area (Å²) in [5.41, 5.74) is 2.83. The molecule has 31 heavy (non-hydrogen) atoms. The van der Waals surface area contributed by atoms with Crippen molar-refractivity contribution >= 4 is 40.1 Å². The molecular weight excluding hydrogens is 433 g/mol. The lowest BCUT2D eigenvalue weighted by Crippen LogP contribution is -2.32. The predicted octanol–water partition coefficient (Wildman–Crippen LogP) is 5.65. The molecule has 1 N–H and O–H groups in total. The maximum absolute atomic E-state index is 12.5. The van der Waals surface area contributed by atoms with Crippen LogP contribution >= 0.6 is 23.2 Å². The van der Waals surface area contributed by atoms with E-state index in [1.165, 1.54) is 0 Å². The van der Waals surface area contributed by atoms with Gasteiger partial charge in [-0.2, -0.15) is 0 Å². The van der Waals surface area contributed by atoms with E-state index in [0.29, 0.717) is 22.3 Å². The monoisotopic (exact) mass is 453 g/mol. The number of imidazole rings is 1. The number of aromatic nitrogens is 2. The number of carbonyl (C=O) groups is 1. The average Bonchev–Trinajstić information content (AvgIpc) is 3.14. The number of hydrogen-bond acceptors (Lipinski definition) is 3. The molecule has 1 atom stereocenters. The smallest absolute Gasteiger partial charge is 0.258 e. The molecule has 1 aromatic heterocycles. The molecule has 1 heterocycles. The topological polar surface area (TPSA) is 56.1 Å². The van der Waals surface area contributed by atoms with Gasteiger partial charge in [0, 0.05) is 6.54 Å². The average molecular weight is 454 g/mol. The second-order valence-corrected chi connectivity index (χ2v) is 8.00. The van der Waals surface area contributed by atoms with E-state index < -0.39 is 0 Å². The third-order valence-electron chi connectivity index (χ3n) is 4.89. The number of carbonyl (C=O) groups excluding carboxylic acids is 1. The molecule has 1 amide bonds. The summed E-state index contributed by atoms with van der Waals surface area (Å²) < 4.78 is 7.63. The first-order chi connectivity index (χ1) is 15.0. The Kier molecular flexibility index (Phi) is 6.44. The molecule has 7 heteroatoms. The van der Waals surface area contributed by atoms with Gasteiger partial charge in [-0.1, -0.05) is 59.6 Å². The fraction of sp³-hybridized carbons (Fsp3) is 0.167. The lowest BCUT2D eigenvalue weighted by atomic mass is 10.2. The standard InChI is InChI=1S/C24H21Cl2N3O2/c1-16(27-23(30)15-31-18-7-3-2-4-8-18)24-28-21-9-5-6-10-22(21)29(24)14-17-11-12-19(25)20(26)13-17/h2-13,16H,14-15H2,1H3,(H,27,30). The second-order valence-electron chi connectivity index (χ2n) is 7.18. The van der Waals surface area contributed by atoms with Crippen LogP contribution < -0.4 is 10.1 Å². The van der Waals surface area contributed by atoms with E-state index in [1.807, 2.05) is 73.7 Å². The Morgan fingerprint density at radius 2 is 1.77 bits per heavy atom. The fourth-order valence-corrected chi connectivity index (χ4v) is 3.75. The van der Waals surface area contributed by atoms with Crippen LogP contribution in [-0.2, 0) is 11.3 Å². The van der Waals surface area contributed by atoms with Gasteiger partial charge >= 0.3 is 0 Å². The van der Waals surface area contributed by atoms with Gasteiger partial charge in [0.2, 0.25) is 0 Å². The van der Waals surface area contributed by atoms with Crippen molar-refractivity contribution in [2.75, 3.05) is 6.61 Å². The molecule has 4 rings (SSSR count). The summed E-state index contributed by atoms with van der Waals surface area (Å²) in [6.07, 6.45) is 0. The number of para-hydroxylation sites is 3. The summed E-state index contributed by atoms with van der Waals surface area (Å²) in [6.45, 7) is 2.39. The molecule has 0 fully saturated rings. The Labute approximate surface area is 190 Å². The van der Waals surface area contributed by atoms with Crippen LogP contribution in [0.2, 0.25) is 10.0 Å². The summed E-state index contributed by atoms with van der Waals surface area (Å²) in [5, 5.41) is 4.00. The number of hydrogen-bond donors (Lipinski definition) is 1. The maximum Gasteiger partial charge on any atom is 0.258 e. The lowest BCUT2D eigenvalue weighted by molar-refractivity contribution is -0.123. The molecule has 0 aliphatic carbocycles. The molecule has 0 radical (unpaired) electrons. The predicted molar refractivity (Wildman–Crippen MR) is 124 cm³/mol. The molecular formula is C24H21Cl2N3O2. The first-order valence-electron chi connectivity index (χ1n) is 9.87. The molecule has 158 valence electrons. The zero-order valence-corrected chi connectivity index (χ0v) is 18.4. The maximum atomic E-state index is 12.5. The molecule has 0 bridgehead atoms. The zero-order valence-electron chi connectivity index (χ0n) is 16.9. The summed E-state index contributed by atoms with van der Waals surface area (Å²) >= 11 is 12.3. The van der Waals surface area contributed by atoms with Gasteiger partial charge in [0.25, 0.3) is 5.91 Å². The number of amides is 1. The van der Waals surface area contributed by atoms with E-state index in [0.717, 1.165) is 22.4 Å².